The van der Waals surface area contributed by atoms with Crippen LogP contribution in [-0.2, 0) is 18.6 Å². The van der Waals surface area contributed by atoms with Gasteiger partial charge < -0.3 is 10.6 Å². The van der Waals surface area contributed by atoms with E-state index in [1.165, 1.54) is 0 Å². The Morgan fingerprint density at radius 2 is 0.714 bits per heavy atom. The first-order chi connectivity index (χ1) is 2.83. The topological polar surface area (TPSA) is 28.2 Å². The minimum atomic E-state index is 0. The van der Waals surface area contributed by atoms with Crippen LogP contribution in [-0.4, -0.2) is 28.2 Å². The predicted molar refractivity (Wildman–Crippen MR) is 30.4 cm³/mol. The Morgan fingerprint density at radius 3 is 0.714 bits per heavy atom. The summed E-state index contributed by atoms with van der Waals surface area (Å²) in [5.41, 5.74) is 0. The van der Waals surface area contributed by atoms with Crippen molar-refractivity contribution in [2.45, 2.75) is 0 Å². The fourth-order valence-electron chi connectivity index (χ4n) is 0. The third-order valence-electron chi connectivity index (χ3n) is 0. The van der Waals surface area contributed by atoms with Gasteiger partial charge in [-0.25, -0.2) is 0 Å². The minimum Gasteiger partial charge on any atom is -0.668 e. The molecule has 1 radical (unpaired) electrons. The summed E-state index contributed by atoms with van der Waals surface area (Å²) in [7, 11) is 7.00. The van der Waals surface area contributed by atoms with Crippen molar-refractivity contribution in [1.29, 1.82) is 0 Å². The van der Waals surface area contributed by atoms with Gasteiger partial charge in [0.05, 0.1) is 0 Å². The summed E-state index contributed by atoms with van der Waals surface area (Å²) in [5, 5.41) is 7.00. The van der Waals surface area contributed by atoms with E-state index in [4.69, 9.17) is 0 Å². The molecule has 0 aliphatic heterocycles. The Balaban J connectivity index is -0.0000000400. The molecule has 0 amide bonds. The van der Waals surface area contributed by atoms with Crippen LogP contribution in [0.2, 0.25) is 0 Å². The molecule has 0 aliphatic carbocycles. The van der Waals surface area contributed by atoms with E-state index in [-0.39, 0.29) is 18.6 Å². The van der Waals surface area contributed by atoms with E-state index in [0.29, 0.717) is 0 Å². The Hall–Kier alpha value is 0.504. The molecule has 0 rings (SSSR count). The normalized spacial score (nSPS) is 5.14. The Labute approximate surface area is 57.9 Å². The van der Waals surface area contributed by atoms with Crippen LogP contribution in [0.5, 0.6) is 0 Å². The zero-order valence-corrected chi connectivity index (χ0v) is 6.74. The SMILES string of the molecule is C[N-]C.C[N-]C.[V+2]. The molecule has 0 aromatic heterocycles. The number of rotatable bonds is 0. The zero-order chi connectivity index (χ0) is 5.41. The number of nitrogens with zero attached hydrogens (tertiary/aromatic N) is 2. The van der Waals surface area contributed by atoms with Gasteiger partial charge in [0, 0.05) is 0 Å². The van der Waals surface area contributed by atoms with Crippen LogP contribution < -0.4 is 0 Å². The largest absolute Gasteiger partial charge is 2.00 e. The number of hydrogen-bond acceptors (Lipinski definition) is 0. The van der Waals surface area contributed by atoms with Crippen molar-refractivity contribution < 1.29 is 18.6 Å². The van der Waals surface area contributed by atoms with Crippen LogP contribution in [0.25, 0.3) is 10.6 Å². The molecule has 0 aromatic carbocycles. The van der Waals surface area contributed by atoms with Gasteiger partial charge in [-0.2, -0.15) is 28.2 Å². The maximum absolute atomic E-state index is 3.50. The van der Waals surface area contributed by atoms with E-state index in [0.717, 1.165) is 0 Å². The molecule has 0 N–H and O–H groups in total. The van der Waals surface area contributed by atoms with Gasteiger partial charge in [0.15, 0.2) is 0 Å². The molecule has 0 heterocycles. The van der Waals surface area contributed by atoms with E-state index < -0.39 is 0 Å². The van der Waals surface area contributed by atoms with Gasteiger partial charge in [-0.1, -0.05) is 0 Å². The molecule has 0 aromatic rings. The summed E-state index contributed by atoms with van der Waals surface area (Å²) in [6, 6.07) is 0. The second-order valence-electron chi connectivity index (χ2n) is 0.894. The van der Waals surface area contributed by atoms with Crippen molar-refractivity contribution in [3.05, 3.63) is 10.6 Å². The maximum Gasteiger partial charge on any atom is 2.00 e. The average molecular weight is 139 g/mol. The Morgan fingerprint density at radius 1 is 0.714 bits per heavy atom. The molecule has 0 fully saturated rings. The summed E-state index contributed by atoms with van der Waals surface area (Å²) in [4.78, 5) is 0. The zero-order valence-electron chi connectivity index (χ0n) is 5.34. The molecule has 0 spiro atoms. The molecule has 0 saturated carbocycles. The van der Waals surface area contributed by atoms with Crippen LogP contribution >= 0.6 is 0 Å². The van der Waals surface area contributed by atoms with Gasteiger partial charge in [0.2, 0.25) is 0 Å². The first kappa shape index (κ1) is 15.6. The van der Waals surface area contributed by atoms with Crippen LogP contribution in [0.1, 0.15) is 0 Å². The maximum atomic E-state index is 3.50. The van der Waals surface area contributed by atoms with Crippen molar-refractivity contribution >= 4 is 0 Å². The Bertz CT molecular complexity index is 11.7. The minimum absolute atomic E-state index is 0. The smallest absolute Gasteiger partial charge is 0.668 e. The second kappa shape index (κ2) is 31.4. The molecule has 0 aliphatic rings. The summed E-state index contributed by atoms with van der Waals surface area (Å²) >= 11 is 0. The summed E-state index contributed by atoms with van der Waals surface area (Å²) < 4.78 is 0. The molecule has 43 valence electrons. The molecule has 7 heavy (non-hydrogen) atoms. The van der Waals surface area contributed by atoms with Gasteiger partial charge in [-0.15, -0.1) is 0 Å². The van der Waals surface area contributed by atoms with Gasteiger partial charge in [-0.3, -0.25) is 0 Å². The summed E-state index contributed by atoms with van der Waals surface area (Å²) in [6.07, 6.45) is 0. The van der Waals surface area contributed by atoms with Gasteiger partial charge in [-0.05, 0) is 0 Å². The molecule has 0 atom stereocenters. The van der Waals surface area contributed by atoms with E-state index in [2.05, 4.69) is 10.6 Å². The molecule has 3 heteroatoms. The molecule has 0 unspecified atom stereocenters. The first-order valence-corrected chi connectivity index (χ1v) is 1.79. The van der Waals surface area contributed by atoms with E-state index in [1.807, 2.05) is 0 Å². The van der Waals surface area contributed by atoms with Gasteiger partial charge in [0.1, 0.15) is 0 Å². The van der Waals surface area contributed by atoms with Crippen molar-refractivity contribution in [2.75, 3.05) is 28.2 Å². The standard InChI is InChI=1S/2C2H6N.V/c2*1-3-2;/h2*1-2H3;/q2*-1;+2. The van der Waals surface area contributed by atoms with Crippen molar-refractivity contribution in [3.63, 3.8) is 0 Å². The molecular formula is C4H12N2V. The van der Waals surface area contributed by atoms with E-state index in [9.17, 15) is 0 Å². The van der Waals surface area contributed by atoms with Crippen molar-refractivity contribution in [2.24, 2.45) is 0 Å². The predicted octanol–water partition coefficient (Wildman–Crippen LogP) is 1.24. The quantitative estimate of drug-likeness (QED) is 0.483. The van der Waals surface area contributed by atoms with Crippen LogP contribution in [0.4, 0.5) is 0 Å². The molecular weight excluding hydrogens is 127 g/mol. The van der Waals surface area contributed by atoms with Gasteiger partial charge in [0.25, 0.3) is 0 Å². The summed E-state index contributed by atoms with van der Waals surface area (Å²) in [5.74, 6) is 0. The van der Waals surface area contributed by atoms with E-state index >= 15 is 0 Å². The van der Waals surface area contributed by atoms with Crippen molar-refractivity contribution in [1.82, 2.24) is 0 Å². The van der Waals surface area contributed by atoms with Crippen LogP contribution in [0.3, 0.4) is 0 Å². The fraction of sp³-hybridized carbons (Fsp3) is 1.00. The fourth-order valence-corrected chi connectivity index (χ4v) is 0. The van der Waals surface area contributed by atoms with Crippen LogP contribution in [0, 0.1) is 0 Å². The Kier molecular flexibility index (Phi) is 70.2. The van der Waals surface area contributed by atoms with Crippen LogP contribution in [0.15, 0.2) is 0 Å². The third-order valence-corrected chi connectivity index (χ3v) is 0. The molecule has 2 nitrogen and oxygen atoms in total. The molecule has 0 bridgehead atoms. The van der Waals surface area contributed by atoms with Crippen molar-refractivity contribution in [3.8, 4) is 0 Å². The van der Waals surface area contributed by atoms with E-state index in [1.54, 1.807) is 28.2 Å². The second-order valence-corrected chi connectivity index (χ2v) is 0.894. The average Bonchev–Trinajstić information content (AvgIpc) is 1.39. The summed E-state index contributed by atoms with van der Waals surface area (Å²) in [6.45, 7) is 0. The number of hydrogen-bond donors (Lipinski definition) is 0. The monoisotopic (exact) mass is 139 g/mol. The molecule has 0 saturated heterocycles. The van der Waals surface area contributed by atoms with Gasteiger partial charge >= 0.3 is 18.6 Å². The first-order valence-electron chi connectivity index (χ1n) is 1.79. The third kappa shape index (κ3) is 519.